The Kier molecular flexibility index (Phi) is 3.18. The first-order valence-electron chi connectivity index (χ1n) is 6.51. The van der Waals surface area contributed by atoms with Gasteiger partial charge in [-0.3, -0.25) is 0 Å². The smallest absolute Gasteiger partial charge is 0.124 e. The van der Waals surface area contributed by atoms with E-state index in [2.05, 4.69) is 29.2 Å². The Morgan fingerprint density at radius 3 is 2.53 bits per heavy atom. The largest absolute Gasteiger partial charge is 0.488 e. The Bertz CT molecular complexity index is 351. The predicted octanol–water partition coefficient (Wildman–Crippen LogP) is 2.45. The third kappa shape index (κ3) is 2.55. The minimum atomic E-state index is 0.243. The quantitative estimate of drug-likeness (QED) is 0.800. The van der Waals surface area contributed by atoms with Crippen molar-refractivity contribution in [1.82, 2.24) is 0 Å². The van der Waals surface area contributed by atoms with E-state index >= 15 is 0 Å². The summed E-state index contributed by atoms with van der Waals surface area (Å²) in [7, 11) is 0. The second kappa shape index (κ2) is 4.96. The molecule has 17 heavy (non-hydrogen) atoms. The molecule has 0 radical (unpaired) electrons. The van der Waals surface area contributed by atoms with E-state index in [0.29, 0.717) is 0 Å². The summed E-state index contributed by atoms with van der Waals surface area (Å²) in [6.07, 6.45) is 3.89. The molecule has 2 saturated heterocycles. The number of hydrogen-bond donors (Lipinski definition) is 0. The molecule has 2 aliphatic heterocycles. The molecular formula is C14H19NO2. The van der Waals surface area contributed by atoms with E-state index in [1.54, 1.807) is 0 Å². The Hall–Kier alpha value is -1.22. The number of rotatable bonds is 3. The number of hydrogen-bond acceptors (Lipinski definition) is 3. The van der Waals surface area contributed by atoms with E-state index in [1.807, 2.05) is 0 Å². The second-order valence-corrected chi connectivity index (χ2v) is 4.79. The Balaban J connectivity index is 1.62. The van der Waals surface area contributed by atoms with Crippen molar-refractivity contribution in [3.05, 3.63) is 24.3 Å². The highest BCUT2D eigenvalue weighted by molar-refractivity contribution is 5.49. The van der Waals surface area contributed by atoms with Crippen molar-refractivity contribution in [3.63, 3.8) is 0 Å². The van der Waals surface area contributed by atoms with E-state index in [0.717, 1.165) is 25.4 Å². The molecule has 0 spiro atoms. The lowest BCUT2D eigenvalue weighted by Gasteiger charge is -2.18. The van der Waals surface area contributed by atoms with Crippen molar-refractivity contribution < 1.29 is 9.47 Å². The van der Waals surface area contributed by atoms with E-state index in [4.69, 9.17) is 9.47 Å². The van der Waals surface area contributed by atoms with Gasteiger partial charge in [-0.1, -0.05) is 0 Å². The number of benzene rings is 1. The summed E-state index contributed by atoms with van der Waals surface area (Å²) in [5.41, 5.74) is 1.32. The molecule has 1 atom stereocenters. The summed E-state index contributed by atoms with van der Waals surface area (Å²) >= 11 is 0. The van der Waals surface area contributed by atoms with Crippen LogP contribution in [-0.2, 0) is 4.74 Å². The van der Waals surface area contributed by atoms with E-state index in [1.165, 1.54) is 31.6 Å². The standard InChI is InChI=1S/C14H19NO2/c1-2-9-15(8-1)12-3-5-13(6-4-12)17-14-7-10-16-11-14/h3-6,14H,1-2,7-11H2/t14-/m1/s1. The number of nitrogens with zero attached hydrogens (tertiary/aromatic N) is 1. The van der Waals surface area contributed by atoms with Crippen LogP contribution in [0.4, 0.5) is 5.69 Å². The van der Waals surface area contributed by atoms with Crippen molar-refractivity contribution in [3.8, 4) is 5.75 Å². The highest BCUT2D eigenvalue weighted by Crippen LogP contribution is 2.24. The van der Waals surface area contributed by atoms with Gasteiger partial charge in [-0.25, -0.2) is 0 Å². The Morgan fingerprint density at radius 2 is 1.88 bits per heavy atom. The zero-order valence-corrected chi connectivity index (χ0v) is 10.1. The van der Waals surface area contributed by atoms with Crippen molar-refractivity contribution >= 4 is 5.69 Å². The van der Waals surface area contributed by atoms with Crippen molar-refractivity contribution in [1.29, 1.82) is 0 Å². The van der Waals surface area contributed by atoms with Gasteiger partial charge in [0.1, 0.15) is 11.9 Å². The highest BCUT2D eigenvalue weighted by atomic mass is 16.5. The average Bonchev–Trinajstić information content (AvgIpc) is 3.01. The minimum absolute atomic E-state index is 0.243. The first-order valence-corrected chi connectivity index (χ1v) is 6.51. The second-order valence-electron chi connectivity index (χ2n) is 4.79. The maximum absolute atomic E-state index is 5.85. The van der Waals surface area contributed by atoms with Crippen LogP contribution in [0.2, 0.25) is 0 Å². The first kappa shape index (κ1) is 10.9. The molecule has 92 valence electrons. The molecule has 2 fully saturated rings. The third-order valence-corrected chi connectivity index (χ3v) is 3.50. The van der Waals surface area contributed by atoms with Crippen LogP contribution in [0.3, 0.4) is 0 Å². The molecule has 0 saturated carbocycles. The molecule has 2 aliphatic rings. The maximum Gasteiger partial charge on any atom is 0.124 e. The van der Waals surface area contributed by atoms with Gasteiger partial charge in [0.05, 0.1) is 13.2 Å². The average molecular weight is 233 g/mol. The normalized spacial score (nSPS) is 24.2. The van der Waals surface area contributed by atoms with Gasteiger partial charge >= 0.3 is 0 Å². The molecule has 0 N–H and O–H groups in total. The Labute approximate surface area is 102 Å². The van der Waals surface area contributed by atoms with Crippen LogP contribution < -0.4 is 9.64 Å². The maximum atomic E-state index is 5.85. The third-order valence-electron chi connectivity index (χ3n) is 3.50. The summed E-state index contributed by atoms with van der Waals surface area (Å²) in [5, 5.41) is 0. The minimum Gasteiger partial charge on any atom is -0.488 e. The Morgan fingerprint density at radius 1 is 1.12 bits per heavy atom. The molecule has 3 rings (SSSR count). The first-order chi connectivity index (χ1) is 8.42. The summed E-state index contributed by atoms with van der Waals surface area (Å²) < 4.78 is 11.2. The van der Waals surface area contributed by atoms with Crippen LogP contribution in [0.25, 0.3) is 0 Å². The lowest BCUT2D eigenvalue weighted by atomic mass is 10.2. The summed E-state index contributed by atoms with van der Waals surface area (Å²) in [4.78, 5) is 2.43. The van der Waals surface area contributed by atoms with Gasteiger partial charge in [0.25, 0.3) is 0 Å². The molecule has 1 aromatic rings. The molecule has 0 aromatic heterocycles. The van der Waals surface area contributed by atoms with Crippen LogP contribution in [0.5, 0.6) is 5.75 Å². The highest BCUT2D eigenvalue weighted by Gasteiger charge is 2.17. The fraction of sp³-hybridized carbons (Fsp3) is 0.571. The molecule has 3 nitrogen and oxygen atoms in total. The fourth-order valence-electron chi connectivity index (χ4n) is 2.51. The van der Waals surface area contributed by atoms with Crippen molar-refractivity contribution in [2.75, 3.05) is 31.2 Å². The predicted molar refractivity (Wildman–Crippen MR) is 67.7 cm³/mol. The van der Waals surface area contributed by atoms with Crippen LogP contribution in [0.15, 0.2) is 24.3 Å². The van der Waals surface area contributed by atoms with Crippen LogP contribution in [0, 0.1) is 0 Å². The lowest BCUT2D eigenvalue weighted by Crippen LogP contribution is -2.18. The fourth-order valence-corrected chi connectivity index (χ4v) is 2.51. The van der Waals surface area contributed by atoms with Crippen LogP contribution in [-0.4, -0.2) is 32.4 Å². The van der Waals surface area contributed by atoms with E-state index in [9.17, 15) is 0 Å². The summed E-state index contributed by atoms with van der Waals surface area (Å²) in [6.45, 7) is 3.94. The SMILES string of the molecule is c1cc(N2CCCC2)ccc1O[C@@H]1CCOC1. The molecule has 0 bridgehead atoms. The molecular weight excluding hydrogens is 214 g/mol. The van der Waals surface area contributed by atoms with Crippen LogP contribution >= 0.6 is 0 Å². The van der Waals surface area contributed by atoms with Gasteiger partial charge in [0.15, 0.2) is 0 Å². The molecule has 0 unspecified atom stereocenters. The van der Waals surface area contributed by atoms with Crippen molar-refractivity contribution in [2.45, 2.75) is 25.4 Å². The zero-order chi connectivity index (χ0) is 11.5. The summed E-state index contributed by atoms with van der Waals surface area (Å²) in [5.74, 6) is 0.962. The molecule has 2 heterocycles. The number of ether oxygens (including phenoxy) is 2. The monoisotopic (exact) mass is 233 g/mol. The molecule has 3 heteroatoms. The summed E-state index contributed by atoms with van der Waals surface area (Å²) in [6, 6.07) is 8.48. The van der Waals surface area contributed by atoms with Gasteiger partial charge in [-0.15, -0.1) is 0 Å². The van der Waals surface area contributed by atoms with E-state index in [-0.39, 0.29) is 6.10 Å². The van der Waals surface area contributed by atoms with Gasteiger partial charge in [-0.2, -0.15) is 0 Å². The number of anilines is 1. The van der Waals surface area contributed by atoms with Gasteiger partial charge in [0, 0.05) is 25.2 Å². The molecule has 0 aliphatic carbocycles. The van der Waals surface area contributed by atoms with Gasteiger partial charge in [0.2, 0.25) is 0 Å². The zero-order valence-electron chi connectivity index (χ0n) is 10.1. The molecule has 0 amide bonds. The van der Waals surface area contributed by atoms with Gasteiger partial charge in [-0.05, 0) is 37.1 Å². The van der Waals surface area contributed by atoms with E-state index < -0.39 is 0 Å². The molecule has 1 aromatic carbocycles. The van der Waals surface area contributed by atoms with Gasteiger partial charge < -0.3 is 14.4 Å². The van der Waals surface area contributed by atoms with Crippen molar-refractivity contribution in [2.24, 2.45) is 0 Å². The van der Waals surface area contributed by atoms with Crippen LogP contribution in [0.1, 0.15) is 19.3 Å². The lowest BCUT2D eigenvalue weighted by molar-refractivity contribution is 0.141. The topological polar surface area (TPSA) is 21.7 Å².